The highest BCUT2D eigenvalue weighted by Crippen LogP contribution is 2.49. The van der Waals surface area contributed by atoms with E-state index in [0.717, 1.165) is 59.0 Å². The molecular weight excluding hydrogens is 544 g/mol. The zero-order chi connectivity index (χ0) is 29.2. The van der Waals surface area contributed by atoms with Crippen LogP contribution in [-0.2, 0) is 21.4 Å². The highest BCUT2D eigenvalue weighted by molar-refractivity contribution is 7.87. The second kappa shape index (κ2) is 11.8. The average Bonchev–Trinajstić information content (AvgIpc) is 3.02. The second-order valence-electron chi connectivity index (χ2n) is 11.5. The second-order valence-corrected chi connectivity index (χ2v) is 13.0. The number of fused-ring (bicyclic) bond motifs is 4. The van der Waals surface area contributed by atoms with Crippen molar-refractivity contribution in [2.24, 2.45) is 11.8 Å². The molecule has 3 saturated heterocycles. The Kier molecular flexibility index (Phi) is 7.99. The molecule has 3 aliphatic rings. The summed E-state index contributed by atoms with van der Waals surface area (Å²) in [7, 11) is -3.93. The van der Waals surface area contributed by atoms with E-state index in [1.807, 2.05) is 42.6 Å². The summed E-state index contributed by atoms with van der Waals surface area (Å²) >= 11 is 0. The molecule has 0 radical (unpaired) electrons. The van der Waals surface area contributed by atoms with Crippen molar-refractivity contribution >= 4 is 21.0 Å². The third kappa shape index (κ3) is 5.52. The molecule has 5 atom stereocenters. The molecule has 3 aliphatic heterocycles. The number of hydrogen-bond donors (Lipinski definition) is 0. The molecule has 0 amide bonds. The van der Waals surface area contributed by atoms with Crippen molar-refractivity contribution in [1.82, 2.24) is 4.98 Å². The van der Waals surface area contributed by atoms with Gasteiger partial charge in [-0.25, -0.2) is 0 Å². The number of hydrogen-bond acceptors (Lipinski definition) is 5. The molecule has 0 spiro atoms. The lowest BCUT2D eigenvalue weighted by atomic mass is 9.71. The Labute approximate surface area is 248 Å². The van der Waals surface area contributed by atoms with Crippen molar-refractivity contribution in [2.75, 3.05) is 19.7 Å². The summed E-state index contributed by atoms with van der Waals surface area (Å²) in [5.41, 5.74) is 3.21. The maximum absolute atomic E-state index is 12.9. The molecule has 7 rings (SSSR count). The number of para-hydroxylation sites is 2. The van der Waals surface area contributed by atoms with Gasteiger partial charge in [-0.3, -0.25) is 4.98 Å². The number of ether oxygens (including phenoxy) is 1. The minimum absolute atomic E-state index is 0.136. The molecule has 1 aromatic heterocycles. The van der Waals surface area contributed by atoms with Gasteiger partial charge in [-0.05, 0) is 47.9 Å². The van der Waals surface area contributed by atoms with Crippen molar-refractivity contribution in [1.29, 1.82) is 0 Å². The lowest BCUT2D eigenvalue weighted by Crippen LogP contribution is -2.67. The van der Waals surface area contributed by atoms with E-state index in [-0.39, 0.29) is 17.0 Å². The van der Waals surface area contributed by atoms with Gasteiger partial charge in [0.1, 0.15) is 29.3 Å². The van der Waals surface area contributed by atoms with Crippen LogP contribution in [0.5, 0.6) is 5.75 Å². The minimum Gasteiger partial charge on any atom is -0.379 e. The monoisotopic (exact) mass is 581 g/mol. The number of quaternary nitrogens is 1. The predicted octanol–water partition coefficient (Wildman–Crippen LogP) is 6.86. The first kappa shape index (κ1) is 28.3. The average molecular weight is 582 g/mol. The van der Waals surface area contributed by atoms with E-state index in [4.69, 9.17) is 8.92 Å². The Hall–Kier alpha value is -3.78. The molecule has 6 nitrogen and oxygen atoms in total. The SMILES string of the molecule is C=CCO[C@H](c1ccnc2ccccc12)[C@@H]1C[C@@H]2CC[N@@+]1(Cc1ccc(S(=O)(=O)Oc3ccccc3)cc1)C[C@@H]2C=C. The predicted molar refractivity (Wildman–Crippen MR) is 165 cm³/mol. The van der Waals surface area contributed by atoms with Crippen LogP contribution < -0.4 is 4.18 Å². The molecule has 3 fully saturated rings. The molecule has 3 aromatic carbocycles. The molecule has 0 aliphatic carbocycles. The summed E-state index contributed by atoms with van der Waals surface area (Å²) < 4.78 is 38.8. The van der Waals surface area contributed by atoms with Gasteiger partial charge in [0, 0.05) is 35.9 Å². The van der Waals surface area contributed by atoms with Gasteiger partial charge in [-0.15, -0.1) is 13.2 Å². The normalized spacial score (nSPS) is 24.2. The van der Waals surface area contributed by atoms with Crippen LogP contribution in [-0.4, -0.2) is 43.6 Å². The van der Waals surface area contributed by atoms with Crippen molar-refractivity contribution in [3.05, 3.63) is 128 Å². The van der Waals surface area contributed by atoms with Crippen LogP contribution in [0.2, 0.25) is 0 Å². The molecule has 2 bridgehead atoms. The summed E-state index contributed by atoms with van der Waals surface area (Å²) in [6.45, 7) is 11.4. The van der Waals surface area contributed by atoms with Gasteiger partial charge in [-0.1, -0.05) is 60.7 Å². The molecule has 216 valence electrons. The van der Waals surface area contributed by atoms with E-state index in [1.165, 1.54) is 0 Å². The molecule has 4 aromatic rings. The molecule has 0 unspecified atom stereocenters. The van der Waals surface area contributed by atoms with E-state index in [0.29, 0.717) is 24.2 Å². The van der Waals surface area contributed by atoms with Gasteiger partial charge in [0.2, 0.25) is 0 Å². The van der Waals surface area contributed by atoms with Crippen LogP contribution in [0.4, 0.5) is 0 Å². The Balaban J connectivity index is 1.34. The number of piperidine rings is 3. The summed E-state index contributed by atoms with van der Waals surface area (Å²) in [4.78, 5) is 4.75. The van der Waals surface area contributed by atoms with Gasteiger partial charge >= 0.3 is 10.1 Å². The Morgan fingerprint density at radius 2 is 1.74 bits per heavy atom. The van der Waals surface area contributed by atoms with Crippen LogP contribution in [0.25, 0.3) is 10.9 Å². The highest BCUT2D eigenvalue weighted by Gasteiger charge is 2.54. The van der Waals surface area contributed by atoms with E-state index in [2.05, 4.69) is 42.4 Å². The molecule has 42 heavy (non-hydrogen) atoms. The minimum atomic E-state index is -3.93. The Morgan fingerprint density at radius 3 is 2.50 bits per heavy atom. The standard InChI is InChI=1S/C35H37N2O4S/c1-3-22-40-35(32-18-20-36-33-13-9-8-12-31(32)33)34-23-28-19-21-37(34,25-27(28)4-2)24-26-14-16-30(17-15-26)42(38,39)41-29-10-6-5-7-11-29/h3-18,20,27-28,34-35H,1-2,19,21-25H2/q+1/t27-,28-,34-,35+,37+/m0/s1. The first-order valence-electron chi connectivity index (χ1n) is 14.6. The smallest absolute Gasteiger partial charge is 0.339 e. The maximum Gasteiger partial charge on any atom is 0.339 e. The van der Waals surface area contributed by atoms with E-state index in [9.17, 15) is 8.42 Å². The van der Waals surface area contributed by atoms with E-state index in [1.54, 1.807) is 36.4 Å². The highest BCUT2D eigenvalue weighted by atomic mass is 32.2. The number of nitrogens with zero attached hydrogens (tertiary/aromatic N) is 2. The zero-order valence-electron chi connectivity index (χ0n) is 23.7. The Morgan fingerprint density at radius 1 is 0.976 bits per heavy atom. The van der Waals surface area contributed by atoms with Gasteiger partial charge in [0.15, 0.2) is 0 Å². The summed E-state index contributed by atoms with van der Waals surface area (Å²) in [5, 5.41) is 1.11. The zero-order valence-corrected chi connectivity index (χ0v) is 24.5. The lowest BCUT2D eigenvalue weighted by molar-refractivity contribution is -0.985. The number of benzene rings is 3. The quantitative estimate of drug-likeness (QED) is 0.110. The third-order valence-electron chi connectivity index (χ3n) is 9.07. The molecule has 4 heterocycles. The molecular formula is C35H37N2O4S+. The molecule has 7 heteroatoms. The summed E-state index contributed by atoms with van der Waals surface area (Å²) in [6.07, 6.45) is 7.86. The lowest BCUT2D eigenvalue weighted by Gasteiger charge is -2.58. The fourth-order valence-electron chi connectivity index (χ4n) is 7.09. The first-order chi connectivity index (χ1) is 20.4. The topological polar surface area (TPSA) is 65.5 Å². The van der Waals surface area contributed by atoms with Gasteiger partial charge < -0.3 is 13.4 Å². The number of aromatic nitrogens is 1. The summed E-state index contributed by atoms with van der Waals surface area (Å²) in [6, 6.07) is 26.3. The van der Waals surface area contributed by atoms with Crippen molar-refractivity contribution in [2.45, 2.75) is 36.4 Å². The number of rotatable bonds is 11. The largest absolute Gasteiger partial charge is 0.379 e. The van der Waals surface area contributed by atoms with E-state index < -0.39 is 10.1 Å². The van der Waals surface area contributed by atoms with Crippen LogP contribution in [0, 0.1) is 11.8 Å². The van der Waals surface area contributed by atoms with Crippen molar-refractivity contribution in [3.8, 4) is 5.75 Å². The third-order valence-corrected chi connectivity index (χ3v) is 10.3. The van der Waals surface area contributed by atoms with Gasteiger partial charge in [0.25, 0.3) is 0 Å². The van der Waals surface area contributed by atoms with Crippen LogP contribution in [0.15, 0.2) is 121 Å². The van der Waals surface area contributed by atoms with Crippen molar-refractivity contribution < 1.29 is 21.8 Å². The van der Waals surface area contributed by atoms with Crippen LogP contribution >= 0.6 is 0 Å². The Bertz CT molecular complexity index is 1670. The molecule has 0 saturated carbocycles. The van der Waals surface area contributed by atoms with Crippen molar-refractivity contribution in [3.63, 3.8) is 0 Å². The fourth-order valence-corrected chi connectivity index (χ4v) is 8.02. The van der Waals surface area contributed by atoms with Crippen LogP contribution in [0.3, 0.4) is 0 Å². The van der Waals surface area contributed by atoms with Crippen LogP contribution in [0.1, 0.15) is 30.1 Å². The van der Waals surface area contributed by atoms with Gasteiger partial charge in [-0.2, -0.15) is 8.42 Å². The molecule has 0 N–H and O–H groups in total. The van der Waals surface area contributed by atoms with Gasteiger partial charge in [0.05, 0.1) is 25.2 Å². The maximum atomic E-state index is 12.9. The first-order valence-corrected chi connectivity index (χ1v) is 16.0. The van der Waals surface area contributed by atoms with E-state index >= 15 is 0 Å². The number of pyridine rings is 1. The summed E-state index contributed by atoms with van der Waals surface area (Å²) in [5.74, 6) is 1.30. The fraction of sp³-hybridized carbons (Fsp3) is 0.286.